The number of Topliss-reactive ketones (excluding diaryl/α,β-unsaturated/α-hetero) is 1. The van der Waals surface area contributed by atoms with E-state index in [0.717, 1.165) is 11.3 Å². The van der Waals surface area contributed by atoms with Crippen molar-refractivity contribution in [3.05, 3.63) is 46.8 Å². The van der Waals surface area contributed by atoms with Gasteiger partial charge in [0.05, 0.1) is 23.9 Å². The summed E-state index contributed by atoms with van der Waals surface area (Å²) in [5.41, 5.74) is 2.51. The zero-order valence-corrected chi connectivity index (χ0v) is 14.7. The van der Waals surface area contributed by atoms with Gasteiger partial charge in [0.1, 0.15) is 5.75 Å². The lowest BCUT2D eigenvalue weighted by Gasteiger charge is -2.14. The van der Waals surface area contributed by atoms with Crippen LogP contribution in [0.2, 0.25) is 0 Å². The molecule has 1 amide bonds. The summed E-state index contributed by atoms with van der Waals surface area (Å²) in [5, 5.41) is 6.92. The third-order valence-electron chi connectivity index (χ3n) is 3.98. The average Bonchev–Trinajstić information content (AvgIpc) is 2.80. The zero-order valence-electron chi connectivity index (χ0n) is 14.7. The molecule has 0 spiro atoms. The minimum Gasteiger partial charge on any atom is -0.494 e. The van der Waals surface area contributed by atoms with E-state index in [1.807, 2.05) is 38.1 Å². The van der Waals surface area contributed by atoms with Gasteiger partial charge < -0.3 is 10.1 Å². The monoisotopic (exact) mass is 329 g/mol. The third-order valence-corrected chi connectivity index (χ3v) is 3.98. The van der Waals surface area contributed by atoms with Crippen LogP contribution in [0.4, 0.5) is 0 Å². The van der Waals surface area contributed by atoms with Crippen LogP contribution >= 0.6 is 0 Å². The Labute approximate surface area is 141 Å². The van der Waals surface area contributed by atoms with Gasteiger partial charge in [0.25, 0.3) is 11.7 Å². The first-order chi connectivity index (χ1) is 11.3. The summed E-state index contributed by atoms with van der Waals surface area (Å²) in [6.45, 7) is 7.86. The van der Waals surface area contributed by atoms with Crippen molar-refractivity contribution in [2.24, 2.45) is 7.05 Å². The molecule has 0 aliphatic heterocycles. The van der Waals surface area contributed by atoms with E-state index >= 15 is 0 Å². The summed E-state index contributed by atoms with van der Waals surface area (Å²) in [4.78, 5) is 24.7. The molecule has 0 aliphatic rings. The van der Waals surface area contributed by atoms with Gasteiger partial charge in [-0.2, -0.15) is 5.10 Å². The summed E-state index contributed by atoms with van der Waals surface area (Å²) in [6.07, 6.45) is 0. The SMILES string of the molecule is CCOc1ccc(C(C)NC(=O)C(=O)c2c(C)nn(C)c2C)cc1. The Morgan fingerprint density at radius 1 is 1.25 bits per heavy atom. The van der Waals surface area contributed by atoms with Gasteiger partial charge in [-0.15, -0.1) is 0 Å². The summed E-state index contributed by atoms with van der Waals surface area (Å²) < 4.78 is 7.00. The van der Waals surface area contributed by atoms with Crippen molar-refractivity contribution in [3.8, 4) is 5.75 Å². The van der Waals surface area contributed by atoms with Gasteiger partial charge in [-0.3, -0.25) is 14.3 Å². The molecule has 0 bridgehead atoms. The van der Waals surface area contributed by atoms with Crippen molar-refractivity contribution in [1.82, 2.24) is 15.1 Å². The maximum absolute atomic E-state index is 12.4. The largest absolute Gasteiger partial charge is 0.494 e. The first kappa shape index (κ1) is 17.7. The number of amides is 1. The van der Waals surface area contributed by atoms with Crippen LogP contribution in [0.5, 0.6) is 5.75 Å². The molecule has 128 valence electrons. The number of aromatic nitrogens is 2. The van der Waals surface area contributed by atoms with E-state index in [4.69, 9.17) is 4.74 Å². The maximum Gasteiger partial charge on any atom is 0.293 e. The van der Waals surface area contributed by atoms with Gasteiger partial charge in [0.15, 0.2) is 0 Å². The van der Waals surface area contributed by atoms with Gasteiger partial charge in [0, 0.05) is 12.7 Å². The first-order valence-electron chi connectivity index (χ1n) is 7.93. The fourth-order valence-electron chi connectivity index (χ4n) is 2.58. The van der Waals surface area contributed by atoms with Crippen molar-refractivity contribution in [2.75, 3.05) is 6.61 Å². The minimum absolute atomic E-state index is 0.283. The Morgan fingerprint density at radius 2 is 1.88 bits per heavy atom. The zero-order chi connectivity index (χ0) is 17.9. The molecule has 0 aliphatic carbocycles. The van der Waals surface area contributed by atoms with Crippen molar-refractivity contribution in [3.63, 3.8) is 0 Å². The van der Waals surface area contributed by atoms with Crippen molar-refractivity contribution >= 4 is 11.7 Å². The fourth-order valence-corrected chi connectivity index (χ4v) is 2.58. The number of ketones is 1. The number of nitrogens with one attached hydrogen (secondary N) is 1. The van der Waals surface area contributed by atoms with E-state index in [9.17, 15) is 9.59 Å². The molecular formula is C18H23N3O3. The van der Waals surface area contributed by atoms with Gasteiger partial charge in [-0.1, -0.05) is 12.1 Å². The highest BCUT2D eigenvalue weighted by molar-refractivity contribution is 6.43. The number of nitrogens with zero attached hydrogens (tertiary/aromatic N) is 2. The molecular weight excluding hydrogens is 306 g/mol. The van der Waals surface area contributed by atoms with Gasteiger partial charge in [-0.05, 0) is 45.4 Å². The highest BCUT2D eigenvalue weighted by Gasteiger charge is 2.25. The summed E-state index contributed by atoms with van der Waals surface area (Å²) >= 11 is 0. The van der Waals surface area contributed by atoms with Crippen LogP contribution in [-0.2, 0) is 11.8 Å². The van der Waals surface area contributed by atoms with E-state index < -0.39 is 11.7 Å². The number of hydrogen-bond donors (Lipinski definition) is 1. The van der Waals surface area contributed by atoms with Crippen LogP contribution in [0.15, 0.2) is 24.3 Å². The summed E-state index contributed by atoms with van der Waals surface area (Å²) in [5.74, 6) is -0.413. The van der Waals surface area contributed by atoms with E-state index in [1.54, 1.807) is 25.6 Å². The lowest BCUT2D eigenvalue weighted by molar-refractivity contribution is -0.117. The smallest absolute Gasteiger partial charge is 0.293 e. The average molecular weight is 329 g/mol. The molecule has 1 atom stereocenters. The van der Waals surface area contributed by atoms with E-state index in [-0.39, 0.29) is 6.04 Å². The van der Waals surface area contributed by atoms with Crippen LogP contribution in [-0.4, -0.2) is 28.1 Å². The molecule has 1 aromatic heterocycles. The molecule has 2 rings (SSSR count). The summed E-state index contributed by atoms with van der Waals surface area (Å²) in [6, 6.07) is 7.16. The van der Waals surface area contributed by atoms with Gasteiger partial charge >= 0.3 is 0 Å². The molecule has 0 saturated carbocycles. The molecule has 1 aromatic carbocycles. The first-order valence-corrected chi connectivity index (χ1v) is 7.93. The van der Waals surface area contributed by atoms with Gasteiger partial charge in [-0.25, -0.2) is 0 Å². The molecule has 1 unspecified atom stereocenters. The van der Waals surface area contributed by atoms with Crippen LogP contribution in [0.1, 0.15) is 47.2 Å². The third kappa shape index (κ3) is 3.64. The van der Waals surface area contributed by atoms with Crippen molar-refractivity contribution in [1.29, 1.82) is 0 Å². The van der Waals surface area contributed by atoms with Crippen LogP contribution in [0, 0.1) is 13.8 Å². The Balaban J connectivity index is 2.09. The number of hydrogen-bond acceptors (Lipinski definition) is 4. The van der Waals surface area contributed by atoms with Crippen molar-refractivity contribution < 1.29 is 14.3 Å². The maximum atomic E-state index is 12.4. The van der Waals surface area contributed by atoms with Gasteiger partial charge in [0.2, 0.25) is 0 Å². The Bertz CT molecular complexity index is 748. The quantitative estimate of drug-likeness (QED) is 0.653. The Kier molecular flexibility index (Phi) is 5.39. The Hall–Kier alpha value is -2.63. The second-order valence-electron chi connectivity index (χ2n) is 5.70. The molecule has 6 heteroatoms. The van der Waals surface area contributed by atoms with E-state index in [2.05, 4.69) is 10.4 Å². The van der Waals surface area contributed by atoms with Crippen molar-refractivity contribution in [2.45, 2.75) is 33.7 Å². The molecule has 2 aromatic rings. The van der Waals surface area contributed by atoms with Crippen LogP contribution < -0.4 is 10.1 Å². The lowest BCUT2D eigenvalue weighted by Crippen LogP contribution is -2.33. The number of carbonyl (C=O) groups is 2. The molecule has 6 nitrogen and oxygen atoms in total. The second kappa shape index (κ2) is 7.29. The number of benzene rings is 1. The topological polar surface area (TPSA) is 73.2 Å². The molecule has 1 heterocycles. The highest BCUT2D eigenvalue weighted by atomic mass is 16.5. The lowest BCUT2D eigenvalue weighted by atomic mass is 10.1. The number of carbonyl (C=O) groups excluding carboxylic acids is 2. The molecule has 0 saturated heterocycles. The number of aryl methyl sites for hydroxylation is 2. The number of rotatable bonds is 6. The predicted molar refractivity (Wildman–Crippen MR) is 91.2 cm³/mol. The predicted octanol–water partition coefficient (Wildman–Crippen LogP) is 2.50. The molecule has 1 N–H and O–H groups in total. The molecule has 0 fully saturated rings. The fraction of sp³-hybridized carbons (Fsp3) is 0.389. The number of ether oxygens (including phenoxy) is 1. The highest BCUT2D eigenvalue weighted by Crippen LogP contribution is 2.18. The van der Waals surface area contributed by atoms with E-state index in [1.165, 1.54) is 0 Å². The van der Waals surface area contributed by atoms with E-state index in [0.29, 0.717) is 23.6 Å². The molecule has 0 radical (unpaired) electrons. The minimum atomic E-state index is -0.629. The Morgan fingerprint density at radius 3 is 2.38 bits per heavy atom. The second-order valence-corrected chi connectivity index (χ2v) is 5.70. The summed E-state index contributed by atoms with van der Waals surface area (Å²) in [7, 11) is 1.75. The van der Waals surface area contributed by atoms with Crippen LogP contribution in [0.25, 0.3) is 0 Å². The molecule has 24 heavy (non-hydrogen) atoms. The van der Waals surface area contributed by atoms with Crippen LogP contribution in [0.3, 0.4) is 0 Å². The normalized spacial score (nSPS) is 11.9. The standard InChI is InChI=1S/C18H23N3O3/c1-6-24-15-9-7-14(8-10-15)11(2)19-18(23)17(22)16-12(3)20-21(5)13(16)4/h7-11H,6H2,1-5H3,(H,19,23).